The first-order valence-electron chi connectivity index (χ1n) is 8.36. The van der Waals surface area contributed by atoms with E-state index in [1.807, 2.05) is 6.07 Å². The van der Waals surface area contributed by atoms with Gasteiger partial charge >= 0.3 is 0 Å². The molecular weight excluding hydrogens is 322 g/mol. The standard InChI is InChI=1S/C17H23N5O3/c1-12(23)20-14-9-13-11-19-16(10-15(13)21(2)17(14)24)18-3-4-22-5-7-25-8-6-22/h9-11H,3-8H2,1-2H3,(H,18,19)(H,20,23). The number of ether oxygens (including phenoxy) is 1. The maximum Gasteiger partial charge on any atom is 0.274 e. The summed E-state index contributed by atoms with van der Waals surface area (Å²) < 4.78 is 6.86. The molecule has 8 heteroatoms. The fraction of sp³-hybridized carbons (Fsp3) is 0.471. The van der Waals surface area contributed by atoms with Crippen molar-refractivity contribution < 1.29 is 9.53 Å². The van der Waals surface area contributed by atoms with Gasteiger partial charge in [-0.3, -0.25) is 14.5 Å². The molecule has 1 aliphatic heterocycles. The number of morpholine rings is 1. The minimum atomic E-state index is -0.272. The van der Waals surface area contributed by atoms with Gasteiger partial charge in [0.1, 0.15) is 11.5 Å². The molecule has 0 atom stereocenters. The molecule has 8 nitrogen and oxygen atoms in total. The zero-order valence-corrected chi connectivity index (χ0v) is 14.5. The summed E-state index contributed by atoms with van der Waals surface area (Å²) in [5.41, 5.74) is 0.786. The van der Waals surface area contributed by atoms with E-state index in [9.17, 15) is 9.59 Å². The normalized spacial score (nSPS) is 15.3. The highest BCUT2D eigenvalue weighted by Gasteiger charge is 2.11. The molecule has 3 rings (SSSR count). The van der Waals surface area contributed by atoms with Gasteiger partial charge in [0.2, 0.25) is 5.91 Å². The van der Waals surface area contributed by atoms with E-state index >= 15 is 0 Å². The third-order valence-electron chi connectivity index (χ3n) is 4.26. The van der Waals surface area contributed by atoms with Gasteiger partial charge < -0.3 is 19.9 Å². The molecule has 25 heavy (non-hydrogen) atoms. The van der Waals surface area contributed by atoms with Crippen LogP contribution >= 0.6 is 0 Å². The van der Waals surface area contributed by atoms with Gasteiger partial charge in [-0.05, 0) is 6.07 Å². The van der Waals surface area contributed by atoms with Gasteiger partial charge in [-0.25, -0.2) is 4.98 Å². The van der Waals surface area contributed by atoms with Crippen LogP contribution in [0.1, 0.15) is 6.92 Å². The SMILES string of the molecule is CC(=O)Nc1cc2cnc(NCCN3CCOCC3)cc2n(C)c1=O. The number of amides is 1. The molecule has 2 aromatic heterocycles. The number of hydrogen-bond donors (Lipinski definition) is 2. The highest BCUT2D eigenvalue weighted by molar-refractivity contribution is 5.92. The smallest absolute Gasteiger partial charge is 0.274 e. The van der Waals surface area contributed by atoms with Gasteiger partial charge in [0.25, 0.3) is 5.56 Å². The summed E-state index contributed by atoms with van der Waals surface area (Å²) in [5, 5.41) is 6.65. The quantitative estimate of drug-likeness (QED) is 0.827. The van der Waals surface area contributed by atoms with E-state index in [1.165, 1.54) is 11.5 Å². The minimum absolute atomic E-state index is 0.242. The monoisotopic (exact) mass is 345 g/mol. The Balaban J connectivity index is 1.74. The van der Waals surface area contributed by atoms with Crippen molar-refractivity contribution >= 4 is 28.3 Å². The van der Waals surface area contributed by atoms with Crippen LogP contribution in [0.3, 0.4) is 0 Å². The third-order valence-corrected chi connectivity index (χ3v) is 4.26. The Hall–Kier alpha value is -2.45. The van der Waals surface area contributed by atoms with Crippen LogP contribution in [0, 0.1) is 0 Å². The molecule has 1 amide bonds. The molecule has 1 aliphatic rings. The summed E-state index contributed by atoms with van der Waals surface area (Å²) >= 11 is 0. The highest BCUT2D eigenvalue weighted by Crippen LogP contribution is 2.17. The van der Waals surface area contributed by atoms with Crippen LogP contribution in [0.25, 0.3) is 10.9 Å². The number of carbonyl (C=O) groups excluding carboxylic acids is 1. The van der Waals surface area contributed by atoms with Crippen molar-refractivity contribution in [2.75, 3.05) is 50.0 Å². The molecule has 1 fully saturated rings. The van der Waals surface area contributed by atoms with E-state index < -0.39 is 0 Å². The van der Waals surface area contributed by atoms with Gasteiger partial charge in [-0.15, -0.1) is 0 Å². The van der Waals surface area contributed by atoms with Gasteiger partial charge in [0.05, 0.1) is 18.7 Å². The number of aromatic nitrogens is 2. The zero-order chi connectivity index (χ0) is 17.8. The van der Waals surface area contributed by atoms with E-state index in [-0.39, 0.29) is 17.2 Å². The second-order valence-corrected chi connectivity index (χ2v) is 6.11. The Labute approximate surface area is 145 Å². The lowest BCUT2D eigenvalue weighted by Crippen LogP contribution is -2.39. The second-order valence-electron chi connectivity index (χ2n) is 6.11. The fourth-order valence-electron chi connectivity index (χ4n) is 2.91. The first kappa shape index (κ1) is 17.4. The number of anilines is 2. The molecular formula is C17H23N5O3. The summed E-state index contributed by atoms with van der Waals surface area (Å²) in [6.07, 6.45) is 1.71. The lowest BCUT2D eigenvalue weighted by atomic mass is 10.2. The van der Waals surface area contributed by atoms with E-state index in [0.29, 0.717) is 0 Å². The van der Waals surface area contributed by atoms with Crippen LogP contribution in [-0.4, -0.2) is 59.8 Å². The average molecular weight is 345 g/mol. The van der Waals surface area contributed by atoms with Crippen molar-refractivity contribution in [3.05, 3.63) is 28.7 Å². The minimum Gasteiger partial charge on any atom is -0.379 e. The lowest BCUT2D eigenvalue weighted by molar-refractivity contribution is -0.114. The molecule has 0 saturated carbocycles. The van der Waals surface area contributed by atoms with E-state index in [1.54, 1.807) is 19.3 Å². The molecule has 2 N–H and O–H groups in total. The average Bonchev–Trinajstić information content (AvgIpc) is 2.60. The van der Waals surface area contributed by atoms with Crippen molar-refractivity contribution in [3.63, 3.8) is 0 Å². The molecule has 0 bridgehead atoms. The van der Waals surface area contributed by atoms with Gasteiger partial charge in [0, 0.05) is 57.8 Å². The molecule has 134 valence electrons. The summed E-state index contributed by atoms with van der Waals surface area (Å²) in [6, 6.07) is 3.51. The van der Waals surface area contributed by atoms with Crippen molar-refractivity contribution in [1.29, 1.82) is 0 Å². The molecule has 1 saturated heterocycles. The number of fused-ring (bicyclic) bond motifs is 1. The lowest BCUT2D eigenvalue weighted by Gasteiger charge is -2.26. The number of aryl methyl sites for hydroxylation is 1. The van der Waals surface area contributed by atoms with Gasteiger partial charge in [0.15, 0.2) is 0 Å². The van der Waals surface area contributed by atoms with Crippen LogP contribution in [0.5, 0.6) is 0 Å². The number of hydrogen-bond acceptors (Lipinski definition) is 6. The number of nitrogens with one attached hydrogen (secondary N) is 2. The van der Waals surface area contributed by atoms with E-state index in [4.69, 9.17) is 4.74 Å². The number of pyridine rings is 2. The predicted molar refractivity (Wildman–Crippen MR) is 97.0 cm³/mol. The predicted octanol–water partition coefficient (Wildman–Crippen LogP) is 0.636. The largest absolute Gasteiger partial charge is 0.379 e. The highest BCUT2D eigenvalue weighted by atomic mass is 16.5. The first-order chi connectivity index (χ1) is 12.0. The molecule has 0 spiro atoms. The number of nitrogens with zero attached hydrogens (tertiary/aromatic N) is 3. The number of rotatable bonds is 5. The summed E-state index contributed by atoms with van der Waals surface area (Å²) in [5.74, 6) is 0.453. The number of carbonyl (C=O) groups is 1. The molecule has 3 heterocycles. The van der Waals surface area contributed by atoms with Crippen LogP contribution in [0.4, 0.5) is 11.5 Å². The van der Waals surface area contributed by atoms with E-state index in [0.717, 1.165) is 56.1 Å². The van der Waals surface area contributed by atoms with Crippen LogP contribution in [0.2, 0.25) is 0 Å². The molecule has 0 unspecified atom stereocenters. The van der Waals surface area contributed by atoms with Crippen molar-refractivity contribution in [2.45, 2.75) is 6.92 Å². The second kappa shape index (κ2) is 7.62. The Morgan fingerprint density at radius 2 is 2.08 bits per heavy atom. The summed E-state index contributed by atoms with van der Waals surface area (Å²) in [4.78, 5) is 30.3. The summed E-state index contributed by atoms with van der Waals surface area (Å²) in [7, 11) is 1.69. The Morgan fingerprint density at radius 1 is 1.32 bits per heavy atom. The maximum atomic E-state index is 12.3. The van der Waals surface area contributed by atoms with Crippen molar-refractivity contribution in [1.82, 2.24) is 14.5 Å². The molecule has 2 aromatic rings. The molecule has 0 radical (unpaired) electrons. The Morgan fingerprint density at radius 3 is 2.80 bits per heavy atom. The van der Waals surface area contributed by atoms with Crippen molar-refractivity contribution in [2.24, 2.45) is 7.05 Å². The fourth-order valence-corrected chi connectivity index (χ4v) is 2.91. The zero-order valence-electron chi connectivity index (χ0n) is 14.5. The Kier molecular flexibility index (Phi) is 5.30. The maximum absolute atomic E-state index is 12.3. The van der Waals surface area contributed by atoms with Gasteiger partial charge in [-0.2, -0.15) is 0 Å². The van der Waals surface area contributed by atoms with Crippen LogP contribution in [-0.2, 0) is 16.6 Å². The molecule has 0 aliphatic carbocycles. The third kappa shape index (κ3) is 4.15. The van der Waals surface area contributed by atoms with Gasteiger partial charge in [-0.1, -0.05) is 0 Å². The van der Waals surface area contributed by atoms with Crippen LogP contribution in [0.15, 0.2) is 23.1 Å². The molecule has 0 aromatic carbocycles. The van der Waals surface area contributed by atoms with E-state index in [2.05, 4.69) is 20.5 Å². The Bertz CT molecular complexity index is 827. The first-order valence-corrected chi connectivity index (χ1v) is 8.36. The summed E-state index contributed by atoms with van der Waals surface area (Å²) in [6.45, 7) is 6.55. The topological polar surface area (TPSA) is 88.5 Å². The van der Waals surface area contributed by atoms with Crippen molar-refractivity contribution in [3.8, 4) is 0 Å². The van der Waals surface area contributed by atoms with Crippen LogP contribution < -0.4 is 16.2 Å².